The Morgan fingerprint density at radius 1 is 1.23 bits per heavy atom. The number of hydrogen-bond acceptors (Lipinski definition) is 5. The van der Waals surface area contributed by atoms with Gasteiger partial charge >= 0.3 is 0 Å². The highest BCUT2D eigenvalue weighted by molar-refractivity contribution is 7.94. The molecule has 6 nitrogen and oxygen atoms in total. The number of carbonyl (C=O) groups excluding carboxylic acids is 1. The molecule has 2 aromatic carbocycles. The summed E-state index contributed by atoms with van der Waals surface area (Å²) in [5.74, 6) is -0.475. The molecule has 3 aromatic rings. The molecule has 1 atom stereocenters. The fourth-order valence-electron chi connectivity index (χ4n) is 2.73. The van der Waals surface area contributed by atoms with Crippen molar-refractivity contribution in [3.63, 3.8) is 0 Å². The topological polar surface area (TPSA) is 75.7 Å². The number of ether oxygens (including phenoxy) is 1. The molecule has 0 aliphatic rings. The molecule has 0 saturated carbocycles. The van der Waals surface area contributed by atoms with Crippen LogP contribution in [0.5, 0.6) is 5.75 Å². The first-order valence-electron chi connectivity index (χ1n) is 9.18. The van der Waals surface area contributed by atoms with Crippen LogP contribution in [0, 0.1) is 5.82 Å². The lowest BCUT2D eigenvalue weighted by Crippen LogP contribution is -2.31. The molecular weight excluding hydrogens is 463 g/mol. The van der Waals surface area contributed by atoms with E-state index >= 15 is 0 Å². The van der Waals surface area contributed by atoms with Gasteiger partial charge in [-0.2, -0.15) is 0 Å². The van der Waals surface area contributed by atoms with E-state index in [-0.39, 0.29) is 27.8 Å². The number of rotatable bonds is 8. The highest BCUT2D eigenvalue weighted by atomic mass is 35.5. The van der Waals surface area contributed by atoms with Crippen LogP contribution in [0.4, 0.5) is 10.1 Å². The standard InChI is InChI=1S/C21H20ClFN2O4S2/c1-14(15-5-10-19(23)18(22)12-15)24-20(26)13-29-17-8-6-16(7-9-17)25(2)31(27,28)21-4-3-11-30-21/h3-12,14H,13H2,1-2H3,(H,24,26). The van der Waals surface area contributed by atoms with Crippen molar-refractivity contribution in [1.29, 1.82) is 0 Å². The average Bonchev–Trinajstić information content (AvgIpc) is 3.30. The van der Waals surface area contributed by atoms with Crippen LogP contribution in [0.3, 0.4) is 0 Å². The largest absolute Gasteiger partial charge is 0.484 e. The van der Waals surface area contributed by atoms with Gasteiger partial charge < -0.3 is 10.1 Å². The Balaban J connectivity index is 1.56. The van der Waals surface area contributed by atoms with Crippen LogP contribution < -0.4 is 14.4 Å². The molecule has 0 bridgehead atoms. The predicted molar refractivity (Wildman–Crippen MR) is 120 cm³/mol. The van der Waals surface area contributed by atoms with Crippen LogP contribution in [0.15, 0.2) is 64.2 Å². The van der Waals surface area contributed by atoms with E-state index in [1.54, 1.807) is 54.8 Å². The van der Waals surface area contributed by atoms with Crippen LogP contribution in [0.2, 0.25) is 5.02 Å². The minimum absolute atomic E-state index is 0.0130. The number of amides is 1. The summed E-state index contributed by atoms with van der Waals surface area (Å²) in [6.07, 6.45) is 0. The Kier molecular flexibility index (Phi) is 7.19. The SMILES string of the molecule is CC(NC(=O)COc1ccc(N(C)S(=O)(=O)c2cccs2)cc1)c1ccc(F)c(Cl)c1. The summed E-state index contributed by atoms with van der Waals surface area (Å²) in [5, 5.41) is 4.44. The Morgan fingerprint density at radius 3 is 2.55 bits per heavy atom. The Bertz CT molecular complexity index is 1150. The number of nitrogens with zero attached hydrogens (tertiary/aromatic N) is 1. The summed E-state index contributed by atoms with van der Waals surface area (Å²) in [6, 6.07) is 13.5. The summed E-state index contributed by atoms with van der Waals surface area (Å²) in [6.45, 7) is 1.52. The van der Waals surface area contributed by atoms with Crippen molar-refractivity contribution < 1.29 is 22.3 Å². The first-order chi connectivity index (χ1) is 14.7. The number of nitrogens with one attached hydrogen (secondary N) is 1. The Labute approximate surface area is 189 Å². The third-order valence-corrected chi connectivity index (χ3v) is 7.95. The zero-order valence-corrected chi connectivity index (χ0v) is 19.1. The van der Waals surface area contributed by atoms with Gasteiger partial charge in [0.15, 0.2) is 6.61 Å². The van der Waals surface area contributed by atoms with Gasteiger partial charge in [0, 0.05) is 7.05 Å². The molecule has 1 heterocycles. The van der Waals surface area contributed by atoms with Crippen molar-refractivity contribution in [1.82, 2.24) is 5.32 Å². The Hall–Kier alpha value is -2.62. The minimum atomic E-state index is -3.62. The summed E-state index contributed by atoms with van der Waals surface area (Å²) in [7, 11) is -2.15. The maximum absolute atomic E-state index is 13.3. The van der Waals surface area contributed by atoms with Gasteiger partial charge in [0.2, 0.25) is 0 Å². The van der Waals surface area contributed by atoms with E-state index in [0.717, 1.165) is 11.3 Å². The molecule has 1 amide bonds. The molecule has 0 aliphatic heterocycles. The third-order valence-electron chi connectivity index (χ3n) is 4.50. The molecule has 0 fully saturated rings. The second-order valence-electron chi connectivity index (χ2n) is 6.65. The zero-order chi connectivity index (χ0) is 22.6. The Morgan fingerprint density at radius 2 is 1.94 bits per heavy atom. The molecule has 1 aromatic heterocycles. The summed E-state index contributed by atoms with van der Waals surface area (Å²) >= 11 is 6.92. The number of carbonyl (C=O) groups is 1. The molecule has 1 unspecified atom stereocenters. The highest BCUT2D eigenvalue weighted by Gasteiger charge is 2.22. The molecule has 3 rings (SSSR count). The van der Waals surface area contributed by atoms with Gasteiger partial charge in [-0.15, -0.1) is 11.3 Å². The van der Waals surface area contributed by atoms with E-state index < -0.39 is 15.8 Å². The number of thiophene rings is 1. The minimum Gasteiger partial charge on any atom is -0.484 e. The maximum atomic E-state index is 13.3. The quantitative estimate of drug-likeness (QED) is 0.508. The first kappa shape index (κ1) is 23.1. The lowest BCUT2D eigenvalue weighted by Gasteiger charge is -2.19. The monoisotopic (exact) mass is 482 g/mol. The van der Waals surface area contributed by atoms with Crippen molar-refractivity contribution in [2.24, 2.45) is 0 Å². The van der Waals surface area contributed by atoms with Crippen LogP contribution in [0.25, 0.3) is 0 Å². The van der Waals surface area contributed by atoms with E-state index in [9.17, 15) is 17.6 Å². The van der Waals surface area contributed by atoms with E-state index in [2.05, 4.69) is 5.32 Å². The average molecular weight is 483 g/mol. The second-order valence-corrected chi connectivity index (χ2v) is 10.2. The van der Waals surface area contributed by atoms with E-state index in [0.29, 0.717) is 17.0 Å². The summed E-state index contributed by atoms with van der Waals surface area (Å²) in [4.78, 5) is 12.2. The van der Waals surface area contributed by atoms with Gasteiger partial charge in [-0.3, -0.25) is 9.10 Å². The van der Waals surface area contributed by atoms with Gasteiger partial charge in [0.1, 0.15) is 15.8 Å². The van der Waals surface area contributed by atoms with E-state index in [1.165, 1.54) is 23.5 Å². The number of anilines is 1. The normalized spacial score (nSPS) is 12.3. The smallest absolute Gasteiger partial charge is 0.273 e. The molecule has 1 N–H and O–H groups in total. The number of benzene rings is 2. The lowest BCUT2D eigenvalue weighted by atomic mass is 10.1. The third kappa shape index (κ3) is 5.55. The molecule has 0 aliphatic carbocycles. The maximum Gasteiger partial charge on any atom is 0.273 e. The fourth-order valence-corrected chi connectivity index (χ4v) is 5.28. The first-order valence-corrected chi connectivity index (χ1v) is 11.9. The number of hydrogen-bond donors (Lipinski definition) is 1. The van der Waals surface area contributed by atoms with E-state index in [4.69, 9.17) is 16.3 Å². The highest BCUT2D eigenvalue weighted by Crippen LogP contribution is 2.26. The fraction of sp³-hybridized carbons (Fsp3) is 0.190. The molecular formula is C21H20ClFN2O4S2. The summed E-state index contributed by atoms with van der Waals surface area (Å²) < 4.78 is 45.3. The van der Waals surface area contributed by atoms with Crippen molar-refractivity contribution in [2.75, 3.05) is 18.0 Å². The van der Waals surface area contributed by atoms with Gasteiger partial charge in [-0.1, -0.05) is 23.7 Å². The van der Waals surface area contributed by atoms with Crippen molar-refractivity contribution in [3.05, 3.63) is 76.4 Å². The van der Waals surface area contributed by atoms with Crippen LogP contribution in [-0.2, 0) is 14.8 Å². The van der Waals surface area contributed by atoms with Gasteiger partial charge in [-0.25, -0.2) is 12.8 Å². The zero-order valence-electron chi connectivity index (χ0n) is 16.7. The van der Waals surface area contributed by atoms with Gasteiger partial charge in [0.05, 0.1) is 16.8 Å². The van der Waals surface area contributed by atoms with E-state index in [1.807, 2.05) is 0 Å². The van der Waals surface area contributed by atoms with Gasteiger partial charge in [-0.05, 0) is 60.3 Å². The van der Waals surface area contributed by atoms with Crippen molar-refractivity contribution >= 4 is 44.6 Å². The molecule has 0 radical (unpaired) electrons. The van der Waals surface area contributed by atoms with Gasteiger partial charge in [0.25, 0.3) is 15.9 Å². The predicted octanol–water partition coefficient (Wildman–Crippen LogP) is 4.62. The molecule has 164 valence electrons. The van der Waals surface area contributed by atoms with Crippen molar-refractivity contribution in [2.45, 2.75) is 17.2 Å². The number of sulfonamides is 1. The van der Waals surface area contributed by atoms with Crippen molar-refractivity contribution in [3.8, 4) is 5.75 Å². The molecule has 31 heavy (non-hydrogen) atoms. The molecule has 0 spiro atoms. The number of halogens is 2. The lowest BCUT2D eigenvalue weighted by molar-refractivity contribution is -0.123. The molecule has 10 heteroatoms. The second kappa shape index (κ2) is 9.67. The summed E-state index contributed by atoms with van der Waals surface area (Å²) in [5.41, 5.74) is 1.13. The molecule has 0 saturated heterocycles. The van der Waals surface area contributed by atoms with Crippen LogP contribution in [0.1, 0.15) is 18.5 Å². The van der Waals surface area contributed by atoms with Crippen LogP contribution >= 0.6 is 22.9 Å². The van der Waals surface area contributed by atoms with Crippen LogP contribution in [-0.4, -0.2) is 28.0 Å².